The third-order valence-electron chi connectivity index (χ3n) is 3.47. The summed E-state index contributed by atoms with van der Waals surface area (Å²) in [4.78, 5) is 0. The molecule has 22 heavy (non-hydrogen) atoms. The van der Waals surface area contributed by atoms with Gasteiger partial charge in [-0.05, 0) is 30.3 Å². The van der Waals surface area contributed by atoms with Crippen LogP contribution in [0.15, 0.2) is 65.1 Å². The average molecular weight is 317 g/mol. The van der Waals surface area contributed by atoms with Crippen LogP contribution in [0.3, 0.4) is 0 Å². The van der Waals surface area contributed by atoms with E-state index in [1.165, 1.54) is 6.07 Å². The first-order chi connectivity index (χ1) is 10.7. The van der Waals surface area contributed by atoms with Crippen molar-refractivity contribution in [2.24, 2.45) is 0 Å². The molecular weight excluding hydrogens is 301 g/mol. The van der Waals surface area contributed by atoms with Crippen molar-refractivity contribution >= 4 is 11.6 Å². The van der Waals surface area contributed by atoms with Crippen molar-refractivity contribution in [1.82, 2.24) is 0 Å². The van der Waals surface area contributed by atoms with E-state index in [0.29, 0.717) is 17.9 Å². The van der Waals surface area contributed by atoms with E-state index in [9.17, 15) is 4.39 Å². The maximum Gasteiger partial charge on any atom is 0.158 e. The molecule has 2 nitrogen and oxygen atoms in total. The summed E-state index contributed by atoms with van der Waals surface area (Å²) in [5.41, 5.74) is 1.57. The lowest BCUT2D eigenvalue weighted by atomic mass is 10.1. The van der Waals surface area contributed by atoms with Crippen LogP contribution in [-0.2, 0) is 13.1 Å². The van der Waals surface area contributed by atoms with Crippen LogP contribution in [0.5, 0.6) is 0 Å². The summed E-state index contributed by atoms with van der Waals surface area (Å²) in [6.07, 6.45) is 0. The Kier molecular flexibility index (Phi) is 4.56. The molecule has 0 amide bonds. The van der Waals surface area contributed by atoms with Crippen molar-refractivity contribution < 1.29 is 14.1 Å². The van der Waals surface area contributed by atoms with Gasteiger partial charge in [-0.15, -0.1) is 0 Å². The van der Waals surface area contributed by atoms with E-state index in [0.717, 1.165) is 22.9 Å². The second kappa shape index (κ2) is 6.77. The van der Waals surface area contributed by atoms with Gasteiger partial charge in [0, 0.05) is 10.6 Å². The molecule has 3 rings (SSSR count). The van der Waals surface area contributed by atoms with E-state index in [4.69, 9.17) is 16.0 Å². The summed E-state index contributed by atoms with van der Waals surface area (Å²) in [5.74, 6) is 1.09. The number of benzene rings is 2. The molecule has 2 N–H and O–H groups in total. The average Bonchev–Trinajstić information content (AvgIpc) is 2.98. The molecule has 0 saturated heterocycles. The zero-order valence-corrected chi connectivity index (χ0v) is 12.7. The van der Waals surface area contributed by atoms with Crippen molar-refractivity contribution in [3.8, 4) is 11.3 Å². The fourth-order valence-corrected chi connectivity index (χ4v) is 2.54. The van der Waals surface area contributed by atoms with Crippen molar-refractivity contribution in [2.75, 3.05) is 0 Å². The Labute approximate surface area is 133 Å². The number of halogens is 2. The van der Waals surface area contributed by atoms with E-state index in [-0.39, 0.29) is 5.82 Å². The predicted molar refractivity (Wildman–Crippen MR) is 84.9 cm³/mol. The van der Waals surface area contributed by atoms with Crippen LogP contribution >= 0.6 is 11.6 Å². The highest BCUT2D eigenvalue weighted by molar-refractivity contribution is 6.31. The van der Waals surface area contributed by atoms with E-state index in [1.54, 1.807) is 24.3 Å². The summed E-state index contributed by atoms with van der Waals surface area (Å²) in [6.45, 7) is 1.45. The maximum absolute atomic E-state index is 13.7. The zero-order chi connectivity index (χ0) is 15.4. The molecule has 4 heteroatoms. The fraction of sp³-hybridized carbons (Fsp3) is 0.111. The van der Waals surface area contributed by atoms with Crippen molar-refractivity contribution in [3.05, 3.63) is 82.8 Å². The molecule has 0 bridgehead atoms. The van der Waals surface area contributed by atoms with Gasteiger partial charge in [0.25, 0.3) is 0 Å². The number of rotatable bonds is 5. The Hall–Kier alpha value is -2.10. The summed E-state index contributed by atoms with van der Waals surface area (Å²) < 4.78 is 19.4. The van der Waals surface area contributed by atoms with Gasteiger partial charge in [0.2, 0.25) is 0 Å². The lowest BCUT2D eigenvalue weighted by Gasteiger charge is -2.02. The molecule has 0 spiro atoms. The molecule has 1 aromatic heterocycles. The lowest BCUT2D eigenvalue weighted by Crippen LogP contribution is -2.80. The molecule has 0 saturated carbocycles. The minimum absolute atomic E-state index is 0.275. The van der Waals surface area contributed by atoms with Crippen molar-refractivity contribution in [2.45, 2.75) is 13.1 Å². The first-order valence-electron chi connectivity index (χ1n) is 7.13. The van der Waals surface area contributed by atoms with E-state index in [2.05, 4.69) is 5.32 Å². The molecule has 112 valence electrons. The molecular formula is C18H16ClFNO+. The highest BCUT2D eigenvalue weighted by Gasteiger charge is 2.10. The SMILES string of the molecule is Fc1ccccc1-c1ccc(C[NH2+]Cc2ccccc2Cl)o1. The molecule has 0 fully saturated rings. The summed E-state index contributed by atoms with van der Waals surface area (Å²) in [6, 6.07) is 18.1. The van der Waals surface area contributed by atoms with E-state index < -0.39 is 0 Å². The van der Waals surface area contributed by atoms with Gasteiger partial charge in [-0.1, -0.05) is 41.9 Å². The summed E-state index contributed by atoms with van der Waals surface area (Å²) >= 11 is 6.12. The topological polar surface area (TPSA) is 29.8 Å². The first kappa shape index (κ1) is 14.8. The van der Waals surface area contributed by atoms with Crippen LogP contribution in [0.1, 0.15) is 11.3 Å². The summed E-state index contributed by atoms with van der Waals surface area (Å²) in [7, 11) is 0. The first-order valence-corrected chi connectivity index (χ1v) is 7.50. The minimum atomic E-state index is -0.275. The van der Waals surface area contributed by atoms with Gasteiger partial charge in [-0.25, -0.2) is 4.39 Å². The highest BCUT2D eigenvalue weighted by atomic mass is 35.5. The largest absolute Gasteiger partial charge is 0.455 e. The molecule has 0 aliphatic rings. The van der Waals surface area contributed by atoms with Crippen LogP contribution in [0.4, 0.5) is 4.39 Å². The molecule has 2 aromatic carbocycles. The lowest BCUT2D eigenvalue weighted by molar-refractivity contribution is -0.687. The fourth-order valence-electron chi connectivity index (χ4n) is 2.33. The molecule has 3 aromatic rings. The number of furan rings is 1. The summed E-state index contributed by atoms with van der Waals surface area (Å²) in [5, 5.41) is 2.87. The molecule has 0 atom stereocenters. The van der Waals surface area contributed by atoms with Crippen molar-refractivity contribution in [1.29, 1.82) is 0 Å². The number of hydrogen-bond donors (Lipinski definition) is 1. The molecule has 0 aliphatic carbocycles. The Bertz CT molecular complexity index is 769. The second-order valence-electron chi connectivity index (χ2n) is 5.03. The second-order valence-corrected chi connectivity index (χ2v) is 5.44. The van der Waals surface area contributed by atoms with Gasteiger partial charge in [0.05, 0.1) is 5.56 Å². The molecule has 0 radical (unpaired) electrons. The van der Waals surface area contributed by atoms with Crippen LogP contribution in [0.25, 0.3) is 11.3 Å². The number of nitrogens with two attached hydrogens (primary N) is 1. The van der Waals surface area contributed by atoms with E-state index in [1.807, 2.05) is 30.3 Å². The maximum atomic E-state index is 13.7. The Balaban J connectivity index is 1.63. The van der Waals surface area contributed by atoms with Crippen LogP contribution in [-0.4, -0.2) is 0 Å². The minimum Gasteiger partial charge on any atom is -0.455 e. The van der Waals surface area contributed by atoms with Crippen LogP contribution in [0, 0.1) is 5.82 Å². The van der Waals surface area contributed by atoms with Crippen LogP contribution < -0.4 is 5.32 Å². The number of hydrogen-bond acceptors (Lipinski definition) is 1. The van der Waals surface area contributed by atoms with Gasteiger partial charge < -0.3 is 9.73 Å². The third kappa shape index (κ3) is 3.38. The smallest absolute Gasteiger partial charge is 0.158 e. The van der Waals surface area contributed by atoms with E-state index >= 15 is 0 Å². The highest BCUT2D eigenvalue weighted by Crippen LogP contribution is 2.24. The van der Waals surface area contributed by atoms with Gasteiger partial charge in [-0.2, -0.15) is 0 Å². The molecule has 0 unspecified atom stereocenters. The van der Waals surface area contributed by atoms with Crippen LogP contribution in [0.2, 0.25) is 5.02 Å². The van der Waals surface area contributed by atoms with Gasteiger partial charge >= 0.3 is 0 Å². The van der Waals surface area contributed by atoms with Gasteiger partial charge in [0.15, 0.2) is 5.76 Å². The third-order valence-corrected chi connectivity index (χ3v) is 3.84. The Morgan fingerprint density at radius 3 is 2.50 bits per heavy atom. The normalized spacial score (nSPS) is 10.8. The zero-order valence-electron chi connectivity index (χ0n) is 11.9. The monoisotopic (exact) mass is 316 g/mol. The molecule has 0 aliphatic heterocycles. The van der Waals surface area contributed by atoms with Crippen molar-refractivity contribution in [3.63, 3.8) is 0 Å². The standard InChI is InChI=1S/C18H15ClFNO/c19-16-7-3-1-5-13(16)11-21-12-14-9-10-18(22-14)15-6-2-4-8-17(15)20/h1-10,21H,11-12H2/p+1. The van der Waals surface area contributed by atoms with Gasteiger partial charge in [-0.3, -0.25) is 0 Å². The molecule has 1 heterocycles. The Morgan fingerprint density at radius 1 is 0.909 bits per heavy atom. The van der Waals surface area contributed by atoms with Gasteiger partial charge in [0.1, 0.15) is 24.7 Å². The Morgan fingerprint density at radius 2 is 1.68 bits per heavy atom. The number of quaternary nitrogens is 1. The quantitative estimate of drug-likeness (QED) is 0.757. The predicted octanol–water partition coefficient (Wildman–Crippen LogP) is 4.00.